The van der Waals surface area contributed by atoms with Crippen LogP contribution in [0.5, 0.6) is 0 Å². The highest BCUT2D eigenvalue weighted by molar-refractivity contribution is 5.96. The minimum atomic E-state index is -0.256. The molecule has 0 heterocycles. The van der Waals surface area contributed by atoms with E-state index in [1.165, 1.54) is 25.7 Å². The fourth-order valence-electron chi connectivity index (χ4n) is 3.95. The molecule has 3 rings (SSSR count). The molecule has 1 aromatic carbocycles. The van der Waals surface area contributed by atoms with E-state index >= 15 is 0 Å². The number of fused-ring (bicyclic) bond motifs is 2. The molecule has 0 spiro atoms. The zero-order chi connectivity index (χ0) is 15.0. The van der Waals surface area contributed by atoms with Gasteiger partial charge in [-0.25, -0.2) is 4.79 Å². The van der Waals surface area contributed by atoms with Gasteiger partial charge in [0, 0.05) is 19.8 Å². The van der Waals surface area contributed by atoms with Gasteiger partial charge in [0.1, 0.15) is 0 Å². The Morgan fingerprint density at radius 2 is 2.14 bits per heavy atom. The van der Waals surface area contributed by atoms with Crippen molar-refractivity contribution in [3.8, 4) is 0 Å². The number of esters is 1. The van der Waals surface area contributed by atoms with Crippen molar-refractivity contribution in [1.29, 1.82) is 0 Å². The van der Waals surface area contributed by atoms with Crippen molar-refractivity contribution in [2.45, 2.75) is 25.7 Å². The average Bonchev–Trinajstić information content (AvgIpc) is 3.06. The van der Waals surface area contributed by atoms with Gasteiger partial charge in [-0.1, -0.05) is 6.42 Å². The molecule has 2 N–H and O–H groups in total. The molecule has 0 amide bonds. The first-order chi connectivity index (χ1) is 10.0. The Hall–Kier alpha value is -1.71. The Balaban J connectivity index is 1.66. The summed E-state index contributed by atoms with van der Waals surface area (Å²) in [5.41, 5.74) is 7.80. The van der Waals surface area contributed by atoms with Crippen LogP contribution in [-0.4, -0.2) is 26.7 Å². The second-order valence-electron chi connectivity index (χ2n) is 6.70. The highest BCUT2D eigenvalue weighted by Gasteiger charge is 2.40. The van der Waals surface area contributed by atoms with Crippen molar-refractivity contribution in [1.82, 2.24) is 0 Å². The largest absolute Gasteiger partial charge is 0.462 e. The second kappa shape index (κ2) is 5.58. The highest BCUT2D eigenvalue weighted by atomic mass is 16.5. The molecule has 1 aromatic rings. The summed E-state index contributed by atoms with van der Waals surface area (Å²) >= 11 is 0. The summed E-state index contributed by atoms with van der Waals surface area (Å²) in [7, 11) is 3.83. The number of carbonyl (C=O) groups excluding carboxylic acids is 1. The third-order valence-corrected chi connectivity index (χ3v) is 5.04. The van der Waals surface area contributed by atoms with Gasteiger partial charge in [-0.15, -0.1) is 0 Å². The highest BCUT2D eigenvalue weighted by Crippen LogP contribution is 2.48. The molecular weight excluding hydrogens is 264 g/mol. The van der Waals surface area contributed by atoms with Crippen molar-refractivity contribution in [2.75, 3.05) is 31.3 Å². The van der Waals surface area contributed by atoms with E-state index in [1.54, 1.807) is 6.07 Å². The van der Waals surface area contributed by atoms with E-state index in [0.29, 0.717) is 23.8 Å². The molecule has 3 unspecified atom stereocenters. The lowest BCUT2D eigenvalue weighted by Gasteiger charge is -2.22. The number of nitrogens with zero attached hydrogens (tertiary/aromatic N) is 1. The molecule has 4 nitrogen and oxygen atoms in total. The average molecular weight is 288 g/mol. The van der Waals surface area contributed by atoms with Crippen LogP contribution in [0.2, 0.25) is 0 Å². The Morgan fingerprint density at radius 3 is 2.76 bits per heavy atom. The van der Waals surface area contributed by atoms with E-state index in [1.807, 2.05) is 31.1 Å². The summed E-state index contributed by atoms with van der Waals surface area (Å²) in [6, 6.07) is 5.38. The number of anilines is 2. The predicted octanol–water partition coefficient (Wildman–Crippen LogP) is 2.93. The Bertz CT molecular complexity index is 542. The lowest BCUT2D eigenvalue weighted by atomic mass is 9.89. The third-order valence-electron chi connectivity index (χ3n) is 5.04. The van der Waals surface area contributed by atoms with E-state index in [4.69, 9.17) is 10.5 Å². The maximum absolute atomic E-state index is 12.4. The van der Waals surface area contributed by atoms with E-state index < -0.39 is 0 Å². The van der Waals surface area contributed by atoms with Crippen LogP contribution in [0.3, 0.4) is 0 Å². The molecule has 2 aliphatic rings. The van der Waals surface area contributed by atoms with Gasteiger partial charge in [-0.3, -0.25) is 0 Å². The smallest absolute Gasteiger partial charge is 0.340 e. The first-order valence-corrected chi connectivity index (χ1v) is 7.78. The van der Waals surface area contributed by atoms with Gasteiger partial charge in [-0.2, -0.15) is 0 Å². The topological polar surface area (TPSA) is 55.6 Å². The predicted molar refractivity (Wildman–Crippen MR) is 84.4 cm³/mol. The van der Waals surface area contributed by atoms with E-state index in [9.17, 15) is 4.79 Å². The van der Waals surface area contributed by atoms with Crippen LogP contribution in [0.25, 0.3) is 0 Å². The van der Waals surface area contributed by atoms with Crippen LogP contribution in [0.1, 0.15) is 36.0 Å². The summed E-state index contributed by atoms with van der Waals surface area (Å²) in [5, 5.41) is 0. The number of benzene rings is 1. The molecule has 114 valence electrons. The zero-order valence-corrected chi connectivity index (χ0v) is 12.8. The Labute approximate surface area is 126 Å². The number of hydrogen-bond donors (Lipinski definition) is 1. The minimum Gasteiger partial charge on any atom is -0.462 e. The van der Waals surface area contributed by atoms with Gasteiger partial charge in [0.2, 0.25) is 0 Å². The molecule has 2 aliphatic carbocycles. The molecule has 21 heavy (non-hydrogen) atoms. The van der Waals surface area contributed by atoms with Gasteiger partial charge in [0.15, 0.2) is 0 Å². The summed E-state index contributed by atoms with van der Waals surface area (Å²) < 4.78 is 5.59. The third kappa shape index (κ3) is 2.85. The molecule has 2 bridgehead atoms. The zero-order valence-electron chi connectivity index (χ0n) is 12.8. The van der Waals surface area contributed by atoms with Crippen molar-refractivity contribution < 1.29 is 9.53 Å². The maximum Gasteiger partial charge on any atom is 0.340 e. The molecule has 0 aromatic heterocycles. The summed E-state index contributed by atoms with van der Waals surface area (Å²) in [6.07, 6.45) is 5.25. The van der Waals surface area contributed by atoms with Gasteiger partial charge in [0.25, 0.3) is 0 Å². The maximum atomic E-state index is 12.4. The summed E-state index contributed by atoms with van der Waals surface area (Å²) in [6.45, 7) is 0.557. The lowest BCUT2D eigenvalue weighted by molar-refractivity contribution is 0.0395. The van der Waals surface area contributed by atoms with E-state index in [0.717, 1.165) is 17.5 Å². The van der Waals surface area contributed by atoms with Crippen molar-refractivity contribution in [3.05, 3.63) is 23.8 Å². The van der Waals surface area contributed by atoms with E-state index in [2.05, 4.69) is 0 Å². The molecule has 0 saturated heterocycles. The molecule has 2 fully saturated rings. The van der Waals surface area contributed by atoms with Crippen molar-refractivity contribution in [2.24, 2.45) is 17.8 Å². The standard InChI is InChI=1S/C17H24N2O2/c1-19(2)16-6-5-14(18)9-15(16)17(20)21-10-13-8-11-3-4-12(13)7-11/h5-6,9,11-13H,3-4,7-8,10,18H2,1-2H3. The quantitative estimate of drug-likeness (QED) is 0.683. The van der Waals surface area contributed by atoms with Crippen molar-refractivity contribution >= 4 is 17.3 Å². The minimum absolute atomic E-state index is 0.256. The number of carbonyl (C=O) groups is 1. The fraction of sp³-hybridized carbons (Fsp3) is 0.588. The molecule has 0 radical (unpaired) electrons. The molecule has 3 atom stereocenters. The second-order valence-corrected chi connectivity index (χ2v) is 6.70. The molecule has 2 saturated carbocycles. The molecular formula is C17H24N2O2. The van der Waals surface area contributed by atoms with Crippen LogP contribution < -0.4 is 10.6 Å². The van der Waals surface area contributed by atoms with Crippen molar-refractivity contribution in [3.63, 3.8) is 0 Å². The molecule has 0 aliphatic heterocycles. The van der Waals surface area contributed by atoms with Crippen LogP contribution in [0.4, 0.5) is 11.4 Å². The summed E-state index contributed by atoms with van der Waals surface area (Å²) in [4.78, 5) is 14.3. The van der Waals surface area contributed by atoms with Gasteiger partial charge >= 0.3 is 5.97 Å². The number of rotatable bonds is 4. The van der Waals surface area contributed by atoms with Crippen LogP contribution in [0.15, 0.2) is 18.2 Å². The Morgan fingerprint density at radius 1 is 1.33 bits per heavy atom. The van der Waals surface area contributed by atoms with Gasteiger partial charge in [0.05, 0.1) is 17.9 Å². The van der Waals surface area contributed by atoms with Gasteiger partial charge < -0.3 is 15.4 Å². The van der Waals surface area contributed by atoms with E-state index in [-0.39, 0.29) is 5.97 Å². The SMILES string of the molecule is CN(C)c1ccc(N)cc1C(=O)OCC1CC2CCC1C2. The number of hydrogen-bond acceptors (Lipinski definition) is 4. The number of nitrogens with two attached hydrogens (primary N) is 1. The number of ether oxygens (including phenoxy) is 1. The first kappa shape index (κ1) is 14.2. The van der Waals surface area contributed by atoms with Crippen LogP contribution in [0, 0.1) is 17.8 Å². The molecule has 4 heteroatoms. The fourth-order valence-corrected chi connectivity index (χ4v) is 3.95. The van der Waals surface area contributed by atoms with Crippen LogP contribution >= 0.6 is 0 Å². The lowest BCUT2D eigenvalue weighted by Crippen LogP contribution is -2.21. The van der Waals surface area contributed by atoms with Crippen LogP contribution in [-0.2, 0) is 4.74 Å². The Kier molecular flexibility index (Phi) is 3.79. The van der Waals surface area contributed by atoms with Gasteiger partial charge in [-0.05, 0) is 55.2 Å². The monoisotopic (exact) mass is 288 g/mol. The first-order valence-electron chi connectivity index (χ1n) is 7.78. The normalized spacial score (nSPS) is 26.9. The number of nitrogen functional groups attached to an aromatic ring is 1. The summed E-state index contributed by atoms with van der Waals surface area (Å²) in [5.74, 6) is 1.96.